The number of carbonyl (C=O) groups is 1. The van der Waals surface area contributed by atoms with Crippen LogP contribution in [0.3, 0.4) is 0 Å². The molecule has 0 aliphatic carbocycles. The molecule has 0 bridgehead atoms. The van der Waals surface area contributed by atoms with Gasteiger partial charge in [0.1, 0.15) is 13.2 Å². The lowest BCUT2D eigenvalue weighted by molar-refractivity contribution is 0.102. The topological polar surface area (TPSA) is 47.6 Å². The van der Waals surface area contributed by atoms with Crippen LogP contribution in [0, 0.1) is 5.82 Å². The lowest BCUT2D eigenvalue weighted by Crippen LogP contribution is -2.17. The smallest absolute Gasteiger partial charge is 0.255 e. The van der Waals surface area contributed by atoms with Gasteiger partial charge in [0.2, 0.25) is 0 Å². The van der Waals surface area contributed by atoms with Crippen LogP contribution < -0.4 is 14.8 Å². The molecule has 1 amide bonds. The monoisotopic (exact) mass is 307 g/mol. The number of hydrogen-bond acceptors (Lipinski definition) is 3. The molecule has 0 fully saturated rings. The van der Waals surface area contributed by atoms with Gasteiger partial charge in [-0.2, -0.15) is 0 Å². The SMILES string of the molecule is O=C(Nc1cccc(Cl)c1F)c1ccc2c(c1)OCCO2. The first-order valence-electron chi connectivity index (χ1n) is 6.30. The maximum Gasteiger partial charge on any atom is 0.255 e. The Morgan fingerprint density at radius 3 is 2.71 bits per heavy atom. The molecule has 0 spiro atoms. The largest absolute Gasteiger partial charge is 0.486 e. The number of fused-ring (bicyclic) bond motifs is 1. The van der Waals surface area contributed by atoms with E-state index >= 15 is 0 Å². The van der Waals surface area contributed by atoms with Gasteiger partial charge in [-0.05, 0) is 30.3 Å². The van der Waals surface area contributed by atoms with Crippen molar-refractivity contribution >= 4 is 23.2 Å². The fourth-order valence-corrected chi connectivity index (χ4v) is 2.15. The molecule has 2 aromatic rings. The van der Waals surface area contributed by atoms with E-state index in [0.717, 1.165) is 0 Å². The highest BCUT2D eigenvalue weighted by Crippen LogP contribution is 2.31. The van der Waals surface area contributed by atoms with Gasteiger partial charge >= 0.3 is 0 Å². The zero-order chi connectivity index (χ0) is 14.8. The van der Waals surface area contributed by atoms with Crippen molar-refractivity contribution in [1.82, 2.24) is 0 Å². The number of ether oxygens (including phenoxy) is 2. The van der Waals surface area contributed by atoms with Crippen molar-refractivity contribution in [1.29, 1.82) is 0 Å². The van der Waals surface area contributed by atoms with E-state index in [2.05, 4.69) is 5.32 Å². The summed E-state index contributed by atoms with van der Waals surface area (Å²) in [6, 6.07) is 9.22. The van der Waals surface area contributed by atoms with Crippen molar-refractivity contribution in [3.8, 4) is 11.5 Å². The number of nitrogens with one attached hydrogen (secondary N) is 1. The minimum Gasteiger partial charge on any atom is -0.486 e. The second kappa shape index (κ2) is 5.61. The zero-order valence-electron chi connectivity index (χ0n) is 10.9. The van der Waals surface area contributed by atoms with Crippen LogP contribution in [0.4, 0.5) is 10.1 Å². The highest BCUT2D eigenvalue weighted by atomic mass is 35.5. The van der Waals surface area contributed by atoms with Gasteiger partial charge in [0.05, 0.1) is 10.7 Å². The van der Waals surface area contributed by atoms with E-state index in [1.807, 2.05) is 0 Å². The first-order chi connectivity index (χ1) is 10.1. The van der Waals surface area contributed by atoms with Gasteiger partial charge in [-0.25, -0.2) is 4.39 Å². The molecular formula is C15H11ClFNO3. The number of halogens is 2. The molecule has 1 aliphatic heterocycles. The Kier molecular flexibility index (Phi) is 3.66. The number of rotatable bonds is 2. The Morgan fingerprint density at radius 1 is 1.14 bits per heavy atom. The molecule has 0 unspecified atom stereocenters. The average molecular weight is 308 g/mol. The van der Waals surface area contributed by atoms with Gasteiger partial charge in [-0.3, -0.25) is 4.79 Å². The molecule has 0 aromatic heterocycles. The van der Waals surface area contributed by atoms with Crippen molar-refractivity contribution in [2.75, 3.05) is 18.5 Å². The molecule has 0 radical (unpaired) electrons. The third-order valence-corrected chi connectivity index (χ3v) is 3.30. The van der Waals surface area contributed by atoms with E-state index < -0.39 is 11.7 Å². The second-order valence-electron chi connectivity index (χ2n) is 4.41. The van der Waals surface area contributed by atoms with Crippen LogP contribution in [0.15, 0.2) is 36.4 Å². The van der Waals surface area contributed by atoms with Crippen molar-refractivity contribution in [3.63, 3.8) is 0 Å². The van der Waals surface area contributed by atoms with Crippen LogP contribution in [0.2, 0.25) is 5.02 Å². The number of benzene rings is 2. The quantitative estimate of drug-likeness (QED) is 0.923. The molecule has 6 heteroatoms. The van der Waals surface area contributed by atoms with Gasteiger partial charge in [-0.15, -0.1) is 0 Å². The highest BCUT2D eigenvalue weighted by molar-refractivity contribution is 6.31. The summed E-state index contributed by atoms with van der Waals surface area (Å²) in [5, 5.41) is 2.43. The summed E-state index contributed by atoms with van der Waals surface area (Å²) in [4.78, 5) is 12.1. The van der Waals surface area contributed by atoms with Crippen molar-refractivity contribution in [2.24, 2.45) is 0 Å². The van der Waals surface area contributed by atoms with E-state index in [0.29, 0.717) is 30.3 Å². The van der Waals surface area contributed by atoms with Crippen LogP contribution >= 0.6 is 11.6 Å². The van der Waals surface area contributed by atoms with Crippen LogP contribution in [0.1, 0.15) is 10.4 Å². The van der Waals surface area contributed by atoms with E-state index in [1.54, 1.807) is 24.3 Å². The summed E-state index contributed by atoms with van der Waals surface area (Å²) in [6.45, 7) is 0.910. The summed E-state index contributed by atoms with van der Waals surface area (Å²) in [7, 11) is 0. The van der Waals surface area contributed by atoms with E-state index in [9.17, 15) is 9.18 Å². The third-order valence-electron chi connectivity index (χ3n) is 3.00. The molecule has 3 rings (SSSR count). The van der Waals surface area contributed by atoms with Gasteiger partial charge in [0.25, 0.3) is 5.91 Å². The Balaban J connectivity index is 1.84. The Morgan fingerprint density at radius 2 is 1.90 bits per heavy atom. The predicted molar refractivity (Wildman–Crippen MR) is 76.8 cm³/mol. The summed E-state index contributed by atoms with van der Waals surface area (Å²) in [5.74, 6) is -0.0228. The average Bonchev–Trinajstić information content (AvgIpc) is 2.51. The van der Waals surface area contributed by atoms with E-state index in [4.69, 9.17) is 21.1 Å². The molecule has 108 valence electrons. The van der Waals surface area contributed by atoms with Crippen LogP contribution in [-0.2, 0) is 0 Å². The first kappa shape index (κ1) is 13.7. The molecule has 0 atom stereocenters. The first-order valence-corrected chi connectivity index (χ1v) is 6.68. The van der Waals surface area contributed by atoms with Crippen molar-refractivity contribution in [2.45, 2.75) is 0 Å². The Hall–Kier alpha value is -2.27. The van der Waals surface area contributed by atoms with Gasteiger partial charge in [0.15, 0.2) is 17.3 Å². The zero-order valence-corrected chi connectivity index (χ0v) is 11.6. The number of amides is 1. The number of carbonyl (C=O) groups excluding carboxylic acids is 1. The predicted octanol–water partition coefficient (Wildman–Crippen LogP) is 3.50. The molecule has 0 saturated heterocycles. The molecule has 1 aliphatic rings. The maximum absolute atomic E-state index is 13.8. The van der Waals surface area contributed by atoms with Crippen molar-refractivity contribution in [3.05, 3.63) is 52.8 Å². The fraction of sp³-hybridized carbons (Fsp3) is 0.133. The molecule has 1 heterocycles. The maximum atomic E-state index is 13.8. The molecule has 0 saturated carbocycles. The van der Waals surface area contributed by atoms with Crippen LogP contribution in [0.25, 0.3) is 0 Å². The van der Waals surface area contributed by atoms with Gasteiger partial charge in [0, 0.05) is 5.56 Å². The number of anilines is 1. The van der Waals surface area contributed by atoms with Crippen molar-refractivity contribution < 1.29 is 18.7 Å². The molecule has 4 nitrogen and oxygen atoms in total. The Labute approximate surface area is 125 Å². The summed E-state index contributed by atoms with van der Waals surface area (Å²) >= 11 is 5.68. The Bertz CT molecular complexity index is 705. The highest BCUT2D eigenvalue weighted by Gasteiger charge is 2.16. The van der Waals surface area contributed by atoms with E-state index in [-0.39, 0.29) is 10.7 Å². The lowest BCUT2D eigenvalue weighted by atomic mass is 10.1. The molecular weight excluding hydrogens is 297 g/mol. The van der Waals surface area contributed by atoms with Gasteiger partial charge in [-0.1, -0.05) is 17.7 Å². The minimum atomic E-state index is -0.662. The van der Waals surface area contributed by atoms with E-state index in [1.165, 1.54) is 12.1 Å². The lowest BCUT2D eigenvalue weighted by Gasteiger charge is -2.18. The fourth-order valence-electron chi connectivity index (χ4n) is 1.98. The number of hydrogen-bond donors (Lipinski definition) is 1. The minimum absolute atomic E-state index is 0.0300. The molecule has 21 heavy (non-hydrogen) atoms. The second-order valence-corrected chi connectivity index (χ2v) is 4.82. The summed E-state index contributed by atoms with van der Waals surface area (Å²) < 4.78 is 24.5. The van der Waals surface area contributed by atoms with Gasteiger partial charge < -0.3 is 14.8 Å². The molecule has 2 aromatic carbocycles. The molecule has 1 N–H and O–H groups in total. The third kappa shape index (κ3) is 2.78. The summed E-state index contributed by atoms with van der Waals surface area (Å²) in [6.07, 6.45) is 0. The normalized spacial score (nSPS) is 12.9. The van der Waals surface area contributed by atoms with Crippen LogP contribution in [-0.4, -0.2) is 19.1 Å². The standard InChI is InChI=1S/C15H11ClFNO3/c16-10-2-1-3-11(14(10)17)18-15(19)9-4-5-12-13(8-9)21-7-6-20-12/h1-5,8H,6-7H2,(H,18,19). The summed E-state index contributed by atoms with van der Waals surface area (Å²) in [5.41, 5.74) is 0.376. The van der Waals surface area contributed by atoms with Crippen LogP contribution in [0.5, 0.6) is 11.5 Å².